The minimum Gasteiger partial charge on any atom is -0.322 e. The summed E-state index contributed by atoms with van der Waals surface area (Å²) in [6.45, 7) is 2.49. The van der Waals surface area contributed by atoms with Crippen molar-refractivity contribution in [3.63, 3.8) is 0 Å². The number of carbonyl (C=O) groups is 3. The molecule has 11 heteroatoms. The predicted octanol–water partition coefficient (Wildman–Crippen LogP) is 0.490. The van der Waals surface area contributed by atoms with E-state index >= 15 is 0 Å². The van der Waals surface area contributed by atoms with Crippen LogP contribution in [0, 0.1) is 5.82 Å². The molecule has 3 aliphatic rings. The van der Waals surface area contributed by atoms with Crippen LogP contribution in [-0.4, -0.2) is 66.9 Å². The van der Waals surface area contributed by atoms with Crippen molar-refractivity contribution in [2.45, 2.75) is 50.7 Å². The number of rotatable bonds is 4. The molecule has 32 heavy (non-hydrogen) atoms. The molecule has 0 aliphatic carbocycles. The highest BCUT2D eigenvalue weighted by Gasteiger charge is 2.41. The summed E-state index contributed by atoms with van der Waals surface area (Å²) in [4.78, 5) is 42.0. The van der Waals surface area contributed by atoms with Crippen molar-refractivity contribution in [2.24, 2.45) is 7.05 Å². The Labute approximate surface area is 183 Å². The van der Waals surface area contributed by atoms with E-state index in [0.717, 1.165) is 37.1 Å². The van der Waals surface area contributed by atoms with E-state index in [0.29, 0.717) is 17.9 Å². The van der Waals surface area contributed by atoms with Crippen molar-refractivity contribution < 1.29 is 18.8 Å². The van der Waals surface area contributed by atoms with Crippen LogP contribution in [0.3, 0.4) is 0 Å². The monoisotopic (exact) mass is 441 g/mol. The maximum absolute atomic E-state index is 14.5. The van der Waals surface area contributed by atoms with Gasteiger partial charge in [-0.2, -0.15) is 4.80 Å². The summed E-state index contributed by atoms with van der Waals surface area (Å²) in [6.07, 6.45) is 2.12. The van der Waals surface area contributed by atoms with Gasteiger partial charge in [0.15, 0.2) is 5.82 Å². The first-order valence-corrected chi connectivity index (χ1v) is 10.8. The second-order valence-electron chi connectivity index (χ2n) is 8.67. The van der Waals surface area contributed by atoms with Gasteiger partial charge in [-0.3, -0.25) is 24.6 Å². The first-order chi connectivity index (χ1) is 15.4. The van der Waals surface area contributed by atoms with Crippen molar-refractivity contribution in [2.75, 3.05) is 13.1 Å². The second kappa shape index (κ2) is 8.05. The van der Waals surface area contributed by atoms with E-state index in [9.17, 15) is 18.8 Å². The lowest BCUT2D eigenvalue weighted by Gasteiger charge is -2.32. The van der Waals surface area contributed by atoms with Gasteiger partial charge in [-0.1, -0.05) is 0 Å². The zero-order valence-corrected chi connectivity index (χ0v) is 17.8. The highest BCUT2D eigenvalue weighted by molar-refractivity contribution is 6.05. The minimum absolute atomic E-state index is 0.125. The quantitative estimate of drug-likeness (QED) is 0.687. The molecule has 3 amide bonds. The largest absolute Gasteiger partial charge is 0.322 e. The molecule has 3 aliphatic heterocycles. The SMILES string of the molecule is Cn1nnc(CN2CCC(c3cc(F)cc4c3CN(C3CCC(=O)NC3=O)C4=O)CC2)n1. The molecule has 10 nitrogen and oxygen atoms in total. The molecule has 4 heterocycles. The van der Waals surface area contributed by atoms with Crippen LogP contribution in [0.15, 0.2) is 12.1 Å². The summed E-state index contributed by atoms with van der Waals surface area (Å²) in [5.41, 5.74) is 1.98. The van der Waals surface area contributed by atoms with Gasteiger partial charge in [0.2, 0.25) is 11.8 Å². The molecule has 168 valence electrons. The lowest BCUT2D eigenvalue weighted by Crippen LogP contribution is -2.52. The number of aromatic nitrogens is 4. The van der Waals surface area contributed by atoms with Gasteiger partial charge in [0.25, 0.3) is 5.91 Å². The van der Waals surface area contributed by atoms with Crippen molar-refractivity contribution >= 4 is 17.7 Å². The number of aryl methyl sites for hydroxylation is 1. The lowest BCUT2D eigenvalue weighted by atomic mass is 9.85. The molecule has 2 aromatic rings. The number of nitrogens with zero attached hydrogens (tertiary/aromatic N) is 6. The molecule has 0 spiro atoms. The molecular weight excluding hydrogens is 417 g/mol. The molecule has 0 bridgehead atoms. The van der Waals surface area contributed by atoms with Crippen LogP contribution in [0.5, 0.6) is 0 Å². The summed E-state index contributed by atoms with van der Waals surface area (Å²) >= 11 is 0. The molecular formula is C21H24FN7O3. The number of amides is 3. The van der Waals surface area contributed by atoms with Crippen LogP contribution < -0.4 is 5.32 Å². The molecule has 1 atom stereocenters. The van der Waals surface area contributed by atoms with Gasteiger partial charge in [-0.05, 0) is 66.7 Å². The zero-order chi connectivity index (χ0) is 22.4. The number of likely N-dealkylation sites (tertiary alicyclic amines) is 1. The third kappa shape index (κ3) is 3.77. The topological polar surface area (TPSA) is 113 Å². The van der Waals surface area contributed by atoms with Crippen LogP contribution in [0.25, 0.3) is 0 Å². The number of halogens is 1. The van der Waals surface area contributed by atoms with Crippen molar-refractivity contribution in [3.8, 4) is 0 Å². The van der Waals surface area contributed by atoms with Crippen LogP contribution in [0.2, 0.25) is 0 Å². The number of piperidine rings is 2. The molecule has 5 rings (SSSR count). The Hall–Kier alpha value is -3.21. The molecule has 1 aromatic heterocycles. The number of carbonyl (C=O) groups excluding carboxylic acids is 3. The van der Waals surface area contributed by atoms with Gasteiger partial charge in [-0.25, -0.2) is 4.39 Å². The van der Waals surface area contributed by atoms with Gasteiger partial charge in [0.1, 0.15) is 11.9 Å². The number of hydrogen-bond donors (Lipinski definition) is 1. The van der Waals surface area contributed by atoms with Crippen LogP contribution in [-0.2, 0) is 29.7 Å². The highest BCUT2D eigenvalue weighted by atomic mass is 19.1. The highest BCUT2D eigenvalue weighted by Crippen LogP contribution is 2.37. The van der Waals surface area contributed by atoms with Gasteiger partial charge < -0.3 is 4.90 Å². The number of hydrogen-bond acceptors (Lipinski definition) is 7. The molecule has 1 aromatic carbocycles. The first-order valence-electron chi connectivity index (χ1n) is 10.8. The fourth-order valence-corrected chi connectivity index (χ4v) is 5.01. The summed E-state index contributed by atoms with van der Waals surface area (Å²) < 4.78 is 14.5. The average molecular weight is 441 g/mol. The number of imide groups is 1. The molecule has 0 radical (unpaired) electrons. The summed E-state index contributed by atoms with van der Waals surface area (Å²) in [5, 5.41) is 14.4. The number of nitrogens with one attached hydrogen (secondary N) is 1. The Bertz CT molecular complexity index is 1090. The first kappa shape index (κ1) is 20.7. The maximum atomic E-state index is 14.5. The van der Waals surface area contributed by atoms with E-state index in [1.807, 2.05) is 0 Å². The lowest BCUT2D eigenvalue weighted by molar-refractivity contribution is -0.136. The molecule has 1 unspecified atom stereocenters. The second-order valence-corrected chi connectivity index (χ2v) is 8.67. The Morgan fingerprint density at radius 1 is 1.16 bits per heavy atom. The van der Waals surface area contributed by atoms with E-state index in [2.05, 4.69) is 25.6 Å². The molecule has 1 N–H and O–H groups in total. The third-order valence-electron chi connectivity index (χ3n) is 6.60. The average Bonchev–Trinajstić information content (AvgIpc) is 3.31. The molecule has 2 fully saturated rings. The summed E-state index contributed by atoms with van der Waals surface area (Å²) in [6, 6.07) is 2.09. The fraction of sp³-hybridized carbons (Fsp3) is 0.524. The minimum atomic E-state index is -0.704. The maximum Gasteiger partial charge on any atom is 0.255 e. The Kier molecular flexibility index (Phi) is 5.20. The Morgan fingerprint density at radius 3 is 2.62 bits per heavy atom. The van der Waals surface area contributed by atoms with Crippen LogP contribution >= 0.6 is 0 Å². The normalized spacial score (nSPS) is 22.4. The third-order valence-corrected chi connectivity index (χ3v) is 6.60. The van der Waals surface area contributed by atoms with Gasteiger partial charge in [0, 0.05) is 18.5 Å². The number of tetrazole rings is 1. The predicted molar refractivity (Wildman–Crippen MR) is 108 cm³/mol. The Balaban J connectivity index is 1.32. The zero-order valence-electron chi connectivity index (χ0n) is 17.8. The molecule has 0 saturated carbocycles. The van der Waals surface area contributed by atoms with Crippen molar-refractivity contribution in [1.82, 2.24) is 35.3 Å². The summed E-state index contributed by atoms with van der Waals surface area (Å²) in [5.74, 6) is -0.783. The number of benzene rings is 1. The fourth-order valence-electron chi connectivity index (χ4n) is 5.01. The van der Waals surface area contributed by atoms with Crippen LogP contribution in [0.1, 0.15) is 58.9 Å². The number of fused-ring (bicyclic) bond motifs is 1. The van der Waals surface area contributed by atoms with E-state index in [1.165, 1.54) is 21.8 Å². The van der Waals surface area contributed by atoms with Crippen molar-refractivity contribution in [1.29, 1.82) is 0 Å². The van der Waals surface area contributed by atoms with Crippen LogP contribution in [0.4, 0.5) is 4.39 Å². The van der Waals surface area contributed by atoms with Gasteiger partial charge in [-0.15, -0.1) is 10.2 Å². The van der Waals surface area contributed by atoms with Gasteiger partial charge >= 0.3 is 0 Å². The van der Waals surface area contributed by atoms with Gasteiger partial charge in [0.05, 0.1) is 13.6 Å². The van der Waals surface area contributed by atoms with E-state index in [4.69, 9.17) is 0 Å². The van der Waals surface area contributed by atoms with Crippen molar-refractivity contribution in [3.05, 3.63) is 40.5 Å². The molecule has 2 saturated heterocycles. The van der Waals surface area contributed by atoms with E-state index in [-0.39, 0.29) is 37.1 Å². The van der Waals surface area contributed by atoms with E-state index < -0.39 is 17.8 Å². The standard InChI is InChI=1S/C21H24FN7O3/c1-27-25-18(24-26-27)11-28-6-4-12(5-7-28)14-8-13(22)9-15-16(14)10-29(21(15)32)17-2-3-19(30)23-20(17)31/h8-9,12,17H,2-7,10-11H2,1H3,(H,23,30,31). The smallest absolute Gasteiger partial charge is 0.255 e. The Morgan fingerprint density at radius 2 is 1.94 bits per heavy atom. The van der Waals surface area contributed by atoms with E-state index in [1.54, 1.807) is 7.05 Å². The summed E-state index contributed by atoms with van der Waals surface area (Å²) in [7, 11) is 1.73.